The molecule has 0 aromatic carbocycles. The van der Waals surface area contributed by atoms with Crippen molar-refractivity contribution in [2.75, 3.05) is 20.1 Å². The highest BCUT2D eigenvalue weighted by atomic mass is 15.2. The highest BCUT2D eigenvalue weighted by Gasteiger charge is 2.35. The first-order valence-electron chi connectivity index (χ1n) is 6.71. The lowest BCUT2D eigenvalue weighted by molar-refractivity contribution is 0.115. The summed E-state index contributed by atoms with van der Waals surface area (Å²) in [6.07, 6.45) is 9.73. The maximum Gasteiger partial charge on any atom is 0.0309 e. The van der Waals surface area contributed by atoms with Crippen LogP contribution in [0.2, 0.25) is 0 Å². The van der Waals surface area contributed by atoms with Crippen LogP contribution in [0.4, 0.5) is 0 Å². The molecule has 1 saturated heterocycles. The fourth-order valence-corrected chi connectivity index (χ4v) is 3.21. The SMILES string of the molecule is CCCC1(CN(C)C2CCC2)CCCN1. The Kier molecular flexibility index (Phi) is 3.68. The van der Waals surface area contributed by atoms with Gasteiger partial charge in [-0.2, -0.15) is 0 Å². The molecule has 2 rings (SSSR count). The second-order valence-electron chi connectivity index (χ2n) is 5.56. The fourth-order valence-electron chi connectivity index (χ4n) is 3.21. The molecule has 1 N–H and O–H groups in total. The summed E-state index contributed by atoms with van der Waals surface area (Å²) in [5.41, 5.74) is 0.457. The van der Waals surface area contributed by atoms with Crippen LogP contribution in [0.1, 0.15) is 51.9 Å². The van der Waals surface area contributed by atoms with Gasteiger partial charge in [0, 0.05) is 18.1 Å². The third-order valence-corrected chi connectivity index (χ3v) is 4.31. The van der Waals surface area contributed by atoms with Gasteiger partial charge in [0.15, 0.2) is 0 Å². The van der Waals surface area contributed by atoms with Crippen molar-refractivity contribution in [1.29, 1.82) is 0 Å². The maximum atomic E-state index is 3.76. The van der Waals surface area contributed by atoms with E-state index >= 15 is 0 Å². The zero-order chi connectivity index (χ0) is 10.7. The Hall–Kier alpha value is -0.0800. The van der Waals surface area contributed by atoms with Crippen LogP contribution in [-0.2, 0) is 0 Å². The molecule has 2 fully saturated rings. The largest absolute Gasteiger partial charge is 0.310 e. The quantitative estimate of drug-likeness (QED) is 0.749. The van der Waals surface area contributed by atoms with Crippen molar-refractivity contribution in [3.63, 3.8) is 0 Å². The van der Waals surface area contributed by atoms with Crippen LogP contribution in [-0.4, -0.2) is 36.6 Å². The smallest absolute Gasteiger partial charge is 0.0309 e. The van der Waals surface area contributed by atoms with Gasteiger partial charge in [-0.25, -0.2) is 0 Å². The molecule has 0 aromatic rings. The van der Waals surface area contributed by atoms with Crippen LogP contribution in [0, 0.1) is 0 Å². The van der Waals surface area contributed by atoms with Gasteiger partial charge in [0.1, 0.15) is 0 Å². The Balaban J connectivity index is 1.87. The van der Waals surface area contributed by atoms with Crippen LogP contribution in [0.15, 0.2) is 0 Å². The zero-order valence-electron chi connectivity index (χ0n) is 10.4. The number of likely N-dealkylation sites (N-methyl/N-ethyl adjacent to an activating group) is 1. The standard InChI is InChI=1S/C13H26N2/c1-3-8-13(9-5-10-14-13)11-15(2)12-6-4-7-12/h12,14H,3-11H2,1-2H3. The van der Waals surface area contributed by atoms with Gasteiger partial charge in [-0.1, -0.05) is 19.8 Å². The second kappa shape index (κ2) is 4.84. The van der Waals surface area contributed by atoms with E-state index in [-0.39, 0.29) is 0 Å². The van der Waals surface area contributed by atoms with Gasteiger partial charge in [-0.05, 0) is 45.7 Å². The van der Waals surface area contributed by atoms with Gasteiger partial charge in [-0.3, -0.25) is 0 Å². The van der Waals surface area contributed by atoms with Gasteiger partial charge in [0.2, 0.25) is 0 Å². The van der Waals surface area contributed by atoms with Gasteiger partial charge >= 0.3 is 0 Å². The summed E-state index contributed by atoms with van der Waals surface area (Å²) in [4.78, 5) is 2.61. The molecule has 1 saturated carbocycles. The van der Waals surface area contributed by atoms with Crippen LogP contribution in [0.3, 0.4) is 0 Å². The summed E-state index contributed by atoms with van der Waals surface area (Å²) in [5, 5.41) is 3.76. The molecule has 15 heavy (non-hydrogen) atoms. The normalized spacial score (nSPS) is 32.2. The number of hydrogen-bond acceptors (Lipinski definition) is 2. The summed E-state index contributed by atoms with van der Waals surface area (Å²) in [6.45, 7) is 4.81. The molecule has 1 atom stereocenters. The summed E-state index contributed by atoms with van der Waals surface area (Å²) in [7, 11) is 2.32. The second-order valence-corrected chi connectivity index (χ2v) is 5.56. The summed E-state index contributed by atoms with van der Waals surface area (Å²) < 4.78 is 0. The van der Waals surface area contributed by atoms with Crippen LogP contribution in [0.25, 0.3) is 0 Å². The van der Waals surface area contributed by atoms with Crippen LogP contribution < -0.4 is 5.32 Å². The van der Waals surface area contributed by atoms with Crippen molar-refractivity contribution < 1.29 is 0 Å². The predicted octanol–water partition coefficient (Wildman–Crippen LogP) is 2.39. The fraction of sp³-hybridized carbons (Fsp3) is 1.00. The Bertz CT molecular complexity index is 193. The molecular formula is C13H26N2. The Morgan fingerprint density at radius 3 is 2.60 bits per heavy atom. The third kappa shape index (κ3) is 2.54. The summed E-state index contributed by atoms with van der Waals surface area (Å²) in [6, 6.07) is 0.890. The number of nitrogens with one attached hydrogen (secondary N) is 1. The molecule has 0 spiro atoms. The van der Waals surface area contributed by atoms with Crippen LogP contribution in [0.5, 0.6) is 0 Å². The highest BCUT2D eigenvalue weighted by molar-refractivity contribution is 4.96. The Labute approximate surface area is 94.4 Å². The lowest BCUT2D eigenvalue weighted by atomic mass is 9.87. The lowest BCUT2D eigenvalue weighted by Gasteiger charge is -2.41. The van der Waals surface area contributed by atoms with Crippen molar-refractivity contribution in [2.45, 2.75) is 63.5 Å². The average molecular weight is 210 g/mol. The average Bonchev–Trinajstić information content (AvgIpc) is 2.50. The van der Waals surface area contributed by atoms with Crippen molar-refractivity contribution >= 4 is 0 Å². The predicted molar refractivity (Wildman–Crippen MR) is 65.1 cm³/mol. The van der Waals surface area contributed by atoms with E-state index in [9.17, 15) is 0 Å². The summed E-state index contributed by atoms with van der Waals surface area (Å²) in [5.74, 6) is 0. The topological polar surface area (TPSA) is 15.3 Å². The van der Waals surface area contributed by atoms with E-state index in [2.05, 4.69) is 24.2 Å². The van der Waals surface area contributed by atoms with Crippen molar-refractivity contribution in [3.05, 3.63) is 0 Å². The molecule has 1 aliphatic carbocycles. The first-order chi connectivity index (χ1) is 7.26. The summed E-state index contributed by atoms with van der Waals surface area (Å²) >= 11 is 0. The van der Waals surface area contributed by atoms with Gasteiger partial charge < -0.3 is 10.2 Å². The molecule has 1 unspecified atom stereocenters. The highest BCUT2D eigenvalue weighted by Crippen LogP contribution is 2.30. The molecule has 2 nitrogen and oxygen atoms in total. The first kappa shape index (κ1) is 11.4. The minimum Gasteiger partial charge on any atom is -0.310 e. The van der Waals surface area contributed by atoms with Crippen LogP contribution >= 0.6 is 0 Å². The minimum atomic E-state index is 0.457. The Morgan fingerprint density at radius 2 is 2.13 bits per heavy atom. The van der Waals surface area contributed by atoms with E-state index in [1.165, 1.54) is 58.0 Å². The Morgan fingerprint density at radius 1 is 1.33 bits per heavy atom. The molecule has 0 aromatic heterocycles. The van der Waals surface area contributed by atoms with E-state index in [1.54, 1.807) is 0 Å². The minimum absolute atomic E-state index is 0.457. The zero-order valence-corrected chi connectivity index (χ0v) is 10.4. The molecule has 1 heterocycles. The molecule has 0 bridgehead atoms. The van der Waals surface area contributed by atoms with E-state index in [1.807, 2.05) is 0 Å². The molecule has 0 amide bonds. The van der Waals surface area contributed by atoms with Gasteiger partial charge in [0.25, 0.3) is 0 Å². The molecule has 1 aliphatic heterocycles. The monoisotopic (exact) mass is 210 g/mol. The van der Waals surface area contributed by atoms with E-state index < -0.39 is 0 Å². The van der Waals surface area contributed by atoms with E-state index in [4.69, 9.17) is 0 Å². The number of rotatable bonds is 5. The van der Waals surface area contributed by atoms with Gasteiger partial charge in [-0.15, -0.1) is 0 Å². The first-order valence-corrected chi connectivity index (χ1v) is 6.71. The third-order valence-electron chi connectivity index (χ3n) is 4.31. The molecule has 0 radical (unpaired) electrons. The molecule has 2 aliphatic rings. The van der Waals surface area contributed by atoms with E-state index in [0.717, 1.165) is 6.04 Å². The molecule has 88 valence electrons. The molecular weight excluding hydrogens is 184 g/mol. The van der Waals surface area contributed by atoms with E-state index in [0.29, 0.717) is 5.54 Å². The van der Waals surface area contributed by atoms with Gasteiger partial charge in [0.05, 0.1) is 0 Å². The van der Waals surface area contributed by atoms with Crippen molar-refractivity contribution in [3.8, 4) is 0 Å². The number of hydrogen-bond donors (Lipinski definition) is 1. The van der Waals surface area contributed by atoms with Crippen molar-refractivity contribution in [2.24, 2.45) is 0 Å². The molecule has 2 heteroatoms. The maximum absolute atomic E-state index is 3.76. The lowest BCUT2D eigenvalue weighted by Crippen LogP contribution is -2.52. The number of nitrogens with zero attached hydrogens (tertiary/aromatic N) is 1. The van der Waals surface area contributed by atoms with Crippen molar-refractivity contribution in [1.82, 2.24) is 10.2 Å².